The van der Waals surface area contributed by atoms with E-state index in [1.165, 1.54) is 0 Å². The standard InChI is InChI=1S/C14H22BrOP/c1-3-5-10-17(16,11-6-4-2)14-9-7-8-13(15)12-14/h7-9,12H,3-6,10-11H2,1-2H3. The van der Waals surface area contributed by atoms with E-state index in [9.17, 15) is 4.57 Å². The molecule has 0 fully saturated rings. The fourth-order valence-electron chi connectivity index (χ4n) is 1.93. The Kier molecular flexibility index (Phi) is 6.51. The zero-order chi connectivity index (χ0) is 12.7. The third-order valence-electron chi connectivity index (χ3n) is 3.02. The molecule has 1 rings (SSSR count). The molecule has 0 aromatic heterocycles. The summed E-state index contributed by atoms with van der Waals surface area (Å²) in [6, 6.07) is 8.04. The number of hydrogen-bond acceptors (Lipinski definition) is 1. The second-order valence-corrected chi connectivity index (χ2v) is 8.63. The first-order valence-electron chi connectivity index (χ1n) is 6.46. The predicted molar refractivity (Wildman–Crippen MR) is 80.9 cm³/mol. The minimum Gasteiger partial charge on any atom is -0.319 e. The molecule has 0 unspecified atom stereocenters. The highest BCUT2D eigenvalue weighted by Gasteiger charge is 2.23. The Bertz CT molecular complexity index is 378. The van der Waals surface area contributed by atoms with Crippen molar-refractivity contribution in [2.24, 2.45) is 0 Å². The Morgan fingerprint density at radius 3 is 2.18 bits per heavy atom. The molecule has 0 atom stereocenters. The van der Waals surface area contributed by atoms with E-state index in [4.69, 9.17) is 0 Å². The molecule has 0 aliphatic carbocycles. The molecule has 1 aromatic carbocycles. The van der Waals surface area contributed by atoms with Crippen LogP contribution >= 0.6 is 23.1 Å². The van der Waals surface area contributed by atoms with Crippen LogP contribution in [0.25, 0.3) is 0 Å². The van der Waals surface area contributed by atoms with Gasteiger partial charge in [-0.05, 0) is 25.0 Å². The van der Waals surface area contributed by atoms with Crippen LogP contribution in [0.1, 0.15) is 39.5 Å². The Hall–Kier alpha value is -0.0700. The highest BCUT2D eigenvalue weighted by molar-refractivity contribution is 9.10. The van der Waals surface area contributed by atoms with Crippen molar-refractivity contribution in [3.8, 4) is 0 Å². The Balaban J connectivity index is 2.92. The van der Waals surface area contributed by atoms with Gasteiger partial charge in [0.15, 0.2) is 0 Å². The van der Waals surface area contributed by atoms with E-state index in [2.05, 4.69) is 29.8 Å². The Morgan fingerprint density at radius 1 is 1.12 bits per heavy atom. The third kappa shape index (κ3) is 4.60. The van der Waals surface area contributed by atoms with Crippen molar-refractivity contribution in [3.63, 3.8) is 0 Å². The molecule has 96 valence electrons. The first kappa shape index (κ1) is 15.0. The minimum absolute atomic E-state index is 0.861. The van der Waals surface area contributed by atoms with E-state index < -0.39 is 7.14 Å². The van der Waals surface area contributed by atoms with Gasteiger partial charge in [0.2, 0.25) is 0 Å². The van der Waals surface area contributed by atoms with Crippen LogP contribution in [-0.4, -0.2) is 12.3 Å². The lowest BCUT2D eigenvalue weighted by Crippen LogP contribution is -2.11. The molecule has 0 aliphatic rings. The molecule has 0 saturated heterocycles. The zero-order valence-electron chi connectivity index (χ0n) is 10.8. The predicted octanol–water partition coefficient (Wildman–Crippen LogP) is 5.04. The average molecular weight is 317 g/mol. The number of hydrogen-bond donors (Lipinski definition) is 0. The fraction of sp³-hybridized carbons (Fsp3) is 0.571. The Morgan fingerprint density at radius 2 is 1.71 bits per heavy atom. The molecule has 0 heterocycles. The van der Waals surface area contributed by atoms with Crippen LogP contribution in [0.5, 0.6) is 0 Å². The first-order chi connectivity index (χ1) is 8.12. The van der Waals surface area contributed by atoms with Crippen LogP contribution in [0.3, 0.4) is 0 Å². The topological polar surface area (TPSA) is 17.1 Å². The van der Waals surface area contributed by atoms with Crippen molar-refractivity contribution >= 4 is 28.4 Å². The van der Waals surface area contributed by atoms with Gasteiger partial charge in [-0.2, -0.15) is 0 Å². The summed E-state index contributed by atoms with van der Waals surface area (Å²) < 4.78 is 14.1. The summed E-state index contributed by atoms with van der Waals surface area (Å²) in [5, 5.41) is 1.05. The highest BCUT2D eigenvalue weighted by Crippen LogP contribution is 2.46. The van der Waals surface area contributed by atoms with Crippen molar-refractivity contribution < 1.29 is 4.57 Å². The summed E-state index contributed by atoms with van der Waals surface area (Å²) in [5.74, 6) is 0. The van der Waals surface area contributed by atoms with Crippen LogP contribution in [-0.2, 0) is 4.57 Å². The van der Waals surface area contributed by atoms with E-state index in [0.29, 0.717) is 0 Å². The van der Waals surface area contributed by atoms with Gasteiger partial charge in [0.1, 0.15) is 7.14 Å². The van der Waals surface area contributed by atoms with Gasteiger partial charge in [-0.1, -0.05) is 54.8 Å². The molecular weight excluding hydrogens is 295 g/mol. The van der Waals surface area contributed by atoms with Gasteiger partial charge in [0, 0.05) is 22.1 Å². The fourth-order valence-corrected chi connectivity index (χ4v) is 5.63. The molecule has 0 spiro atoms. The van der Waals surface area contributed by atoms with E-state index in [1.54, 1.807) is 0 Å². The minimum atomic E-state index is -2.16. The van der Waals surface area contributed by atoms with Gasteiger partial charge >= 0.3 is 0 Å². The maximum Gasteiger partial charge on any atom is 0.115 e. The normalized spacial score (nSPS) is 11.7. The van der Waals surface area contributed by atoms with Crippen LogP contribution in [0.2, 0.25) is 0 Å². The summed E-state index contributed by atoms with van der Waals surface area (Å²) >= 11 is 3.47. The van der Waals surface area contributed by atoms with Gasteiger partial charge in [-0.15, -0.1) is 0 Å². The molecule has 0 radical (unpaired) electrons. The van der Waals surface area contributed by atoms with Gasteiger partial charge in [-0.3, -0.25) is 0 Å². The molecule has 0 amide bonds. The molecule has 0 saturated carbocycles. The van der Waals surface area contributed by atoms with Crippen molar-refractivity contribution in [1.29, 1.82) is 0 Å². The molecule has 3 heteroatoms. The molecule has 0 bridgehead atoms. The van der Waals surface area contributed by atoms with Gasteiger partial charge in [0.25, 0.3) is 0 Å². The number of halogens is 1. The largest absolute Gasteiger partial charge is 0.319 e. The van der Waals surface area contributed by atoms with E-state index in [1.807, 2.05) is 24.3 Å². The molecule has 0 N–H and O–H groups in total. The molecular formula is C14H22BrOP. The second kappa shape index (κ2) is 7.38. The lowest BCUT2D eigenvalue weighted by Gasteiger charge is -2.18. The molecule has 17 heavy (non-hydrogen) atoms. The quantitative estimate of drug-likeness (QED) is 0.644. The smallest absolute Gasteiger partial charge is 0.115 e. The zero-order valence-corrected chi connectivity index (χ0v) is 13.3. The summed E-state index contributed by atoms with van der Waals surface area (Å²) in [4.78, 5) is 0. The summed E-state index contributed by atoms with van der Waals surface area (Å²) in [6.07, 6.45) is 6.08. The maximum atomic E-state index is 13.1. The molecule has 1 nitrogen and oxygen atoms in total. The number of rotatable bonds is 7. The summed E-state index contributed by atoms with van der Waals surface area (Å²) in [5.41, 5.74) is 0. The average Bonchev–Trinajstić information content (AvgIpc) is 2.34. The highest BCUT2D eigenvalue weighted by atomic mass is 79.9. The van der Waals surface area contributed by atoms with Gasteiger partial charge < -0.3 is 4.57 Å². The second-order valence-electron chi connectivity index (χ2n) is 4.52. The van der Waals surface area contributed by atoms with Gasteiger partial charge in [0.05, 0.1) is 0 Å². The van der Waals surface area contributed by atoms with E-state index >= 15 is 0 Å². The molecule has 0 aliphatic heterocycles. The SMILES string of the molecule is CCCCP(=O)(CCCC)c1cccc(Br)c1. The molecule has 1 aromatic rings. The van der Waals surface area contributed by atoms with Crippen LogP contribution in [0, 0.1) is 0 Å². The number of unbranched alkanes of at least 4 members (excludes halogenated alkanes) is 2. The first-order valence-corrected chi connectivity index (χ1v) is 9.33. The summed E-state index contributed by atoms with van der Waals surface area (Å²) in [7, 11) is -2.16. The third-order valence-corrected chi connectivity index (χ3v) is 6.81. The van der Waals surface area contributed by atoms with E-state index in [0.717, 1.165) is 47.8 Å². The van der Waals surface area contributed by atoms with Crippen LogP contribution in [0.15, 0.2) is 28.7 Å². The van der Waals surface area contributed by atoms with E-state index in [-0.39, 0.29) is 0 Å². The lowest BCUT2D eigenvalue weighted by molar-refractivity contribution is 0.576. The van der Waals surface area contributed by atoms with Crippen LogP contribution in [0.4, 0.5) is 0 Å². The lowest BCUT2D eigenvalue weighted by atomic mass is 10.4. The Labute approximate surface area is 114 Å². The van der Waals surface area contributed by atoms with Crippen molar-refractivity contribution in [3.05, 3.63) is 28.7 Å². The monoisotopic (exact) mass is 316 g/mol. The van der Waals surface area contributed by atoms with Crippen molar-refractivity contribution in [1.82, 2.24) is 0 Å². The maximum absolute atomic E-state index is 13.1. The number of benzene rings is 1. The summed E-state index contributed by atoms with van der Waals surface area (Å²) in [6.45, 7) is 4.32. The van der Waals surface area contributed by atoms with Crippen molar-refractivity contribution in [2.75, 3.05) is 12.3 Å². The van der Waals surface area contributed by atoms with Crippen molar-refractivity contribution in [2.45, 2.75) is 39.5 Å². The van der Waals surface area contributed by atoms with Crippen LogP contribution < -0.4 is 5.30 Å². The van der Waals surface area contributed by atoms with Gasteiger partial charge in [-0.25, -0.2) is 0 Å².